The Balaban J connectivity index is 0.00000245. The van der Waals surface area contributed by atoms with E-state index < -0.39 is 0 Å². The van der Waals surface area contributed by atoms with Gasteiger partial charge in [0.2, 0.25) is 5.91 Å². The van der Waals surface area contributed by atoms with Gasteiger partial charge in [0.05, 0.1) is 6.04 Å². The van der Waals surface area contributed by atoms with Crippen LogP contribution in [0.4, 0.5) is 0 Å². The molecule has 2 bridgehead atoms. The fraction of sp³-hybridized carbons (Fsp3) is 0.750. The third-order valence-corrected chi connectivity index (χ3v) is 9.21. The second kappa shape index (κ2) is 8.89. The summed E-state index contributed by atoms with van der Waals surface area (Å²) in [6.45, 7) is 7.76. The minimum absolute atomic E-state index is 0. The van der Waals surface area contributed by atoms with Crippen LogP contribution in [0.25, 0.3) is 0 Å². The second-order valence-electron chi connectivity index (χ2n) is 11.7. The first-order chi connectivity index (χ1) is 15.0. The number of carbonyl (C=O) groups excluding carboxylic acids is 1. The van der Waals surface area contributed by atoms with Crippen molar-refractivity contribution in [1.82, 2.24) is 10.2 Å². The van der Waals surface area contributed by atoms with Gasteiger partial charge >= 0.3 is 0 Å². The Bertz CT molecular complexity index is 785. The van der Waals surface area contributed by atoms with E-state index in [1.165, 1.54) is 88.5 Å². The molecule has 5 rings (SSSR count). The van der Waals surface area contributed by atoms with Gasteiger partial charge in [-0.2, -0.15) is 0 Å². The van der Waals surface area contributed by atoms with Crippen LogP contribution in [0.2, 0.25) is 0 Å². The number of nitrogens with zero attached hydrogens (tertiary/aromatic N) is 1. The van der Waals surface area contributed by atoms with Gasteiger partial charge in [-0.3, -0.25) is 4.79 Å². The molecule has 1 aliphatic heterocycles. The monoisotopic (exact) mass is 424 g/mol. The molecule has 3 aliphatic carbocycles. The summed E-state index contributed by atoms with van der Waals surface area (Å²) in [6, 6.07) is 9.13. The van der Waals surface area contributed by atoms with Crippen molar-refractivity contribution in [2.24, 2.45) is 23.7 Å². The Kier molecular flexibility index (Phi) is 6.16. The predicted molar refractivity (Wildman–Crippen MR) is 129 cm³/mol. The smallest absolute Gasteiger partial charge is 0.223 e. The highest BCUT2D eigenvalue weighted by Crippen LogP contribution is 2.51. The fourth-order valence-corrected chi connectivity index (χ4v) is 7.47. The van der Waals surface area contributed by atoms with Gasteiger partial charge in [0.1, 0.15) is 0 Å². The van der Waals surface area contributed by atoms with Gasteiger partial charge in [-0.1, -0.05) is 63.8 Å². The van der Waals surface area contributed by atoms with E-state index in [1.807, 2.05) is 13.8 Å². The number of piperidine rings is 1. The lowest BCUT2D eigenvalue weighted by atomic mass is 9.73. The van der Waals surface area contributed by atoms with Crippen LogP contribution < -0.4 is 5.32 Å². The van der Waals surface area contributed by atoms with Gasteiger partial charge in [-0.15, -0.1) is 0 Å². The molecule has 4 aliphatic rings. The van der Waals surface area contributed by atoms with E-state index in [0.717, 1.165) is 24.2 Å². The molecule has 3 nitrogen and oxygen atoms in total. The van der Waals surface area contributed by atoms with Crippen LogP contribution in [0, 0.1) is 23.7 Å². The first-order valence-electron chi connectivity index (χ1n) is 13.1. The van der Waals surface area contributed by atoms with Crippen molar-refractivity contribution in [3.8, 4) is 0 Å². The summed E-state index contributed by atoms with van der Waals surface area (Å²) >= 11 is 0. The summed E-state index contributed by atoms with van der Waals surface area (Å²) in [6.07, 6.45) is 14.0. The molecule has 1 N–H and O–H groups in total. The molecule has 1 aromatic carbocycles. The average molecular weight is 425 g/mol. The predicted octanol–water partition coefficient (Wildman–Crippen LogP) is 6.09. The highest BCUT2D eigenvalue weighted by atomic mass is 16.1. The quantitative estimate of drug-likeness (QED) is 0.634. The van der Waals surface area contributed by atoms with Crippen LogP contribution in [0.5, 0.6) is 0 Å². The van der Waals surface area contributed by atoms with Crippen LogP contribution in [-0.2, 0) is 10.2 Å². The molecule has 1 heterocycles. The number of hydrogen-bond acceptors (Lipinski definition) is 2. The second-order valence-corrected chi connectivity index (χ2v) is 11.7. The standard InChI is InChI=1S/C28H42N2O.H2/c1-20(2)27(31)29-26-18-28(25-9-4-3-8-24(25)26)12-14-30(15-13-28)19-23-11-10-21-6-5-7-22(16-21)17-23;/h3-4,8-9,20-23,26H,5-7,10-19H2,1-2H3,(H,29,31);1H/t21-,22?,23+,26+;/m1./s1. The van der Waals surface area contributed by atoms with Crippen LogP contribution in [0.1, 0.15) is 96.7 Å². The van der Waals surface area contributed by atoms with E-state index in [4.69, 9.17) is 0 Å². The highest BCUT2D eigenvalue weighted by Gasteiger charge is 2.46. The zero-order valence-electron chi connectivity index (χ0n) is 19.7. The molecule has 1 unspecified atom stereocenters. The average Bonchev–Trinajstić information content (AvgIpc) is 2.99. The van der Waals surface area contributed by atoms with E-state index in [1.54, 1.807) is 0 Å². The maximum atomic E-state index is 12.4. The molecule has 3 fully saturated rings. The van der Waals surface area contributed by atoms with Crippen LogP contribution >= 0.6 is 0 Å². The number of hydrogen-bond donors (Lipinski definition) is 1. The van der Waals surface area contributed by atoms with E-state index in [9.17, 15) is 4.79 Å². The normalized spacial score (nSPS) is 32.6. The fourth-order valence-electron chi connectivity index (χ4n) is 7.47. The first-order valence-corrected chi connectivity index (χ1v) is 13.1. The first kappa shape index (κ1) is 21.5. The lowest BCUT2D eigenvalue weighted by Gasteiger charge is -2.41. The van der Waals surface area contributed by atoms with Crippen molar-refractivity contribution >= 4 is 5.91 Å². The third kappa shape index (κ3) is 4.45. The van der Waals surface area contributed by atoms with E-state index in [0.29, 0.717) is 0 Å². The van der Waals surface area contributed by atoms with Crippen LogP contribution in [0.3, 0.4) is 0 Å². The Morgan fingerprint density at radius 2 is 1.87 bits per heavy atom. The number of carbonyl (C=O) groups is 1. The SMILES string of the molecule is CC(C)C(=O)N[C@H]1CC2(CCN(C[C@H]3CC[C@H]4CCCC(C4)C3)CC2)c2ccccc21.[HH]. The topological polar surface area (TPSA) is 32.3 Å². The van der Waals surface area contributed by atoms with Crippen LogP contribution in [0.15, 0.2) is 24.3 Å². The van der Waals surface area contributed by atoms with Gasteiger partial charge < -0.3 is 10.2 Å². The molecule has 172 valence electrons. The summed E-state index contributed by atoms with van der Waals surface area (Å²) in [4.78, 5) is 15.2. The van der Waals surface area contributed by atoms with Crippen molar-refractivity contribution in [2.45, 2.75) is 89.5 Å². The van der Waals surface area contributed by atoms with E-state index in [-0.39, 0.29) is 24.7 Å². The molecular formula is C28H44N2O. The van der Waals surface area contributed by atoms with Crippen LogP contribution in [-0.4, -0.2) is 30.4 Å². The van der Waals surface area contributed by atoms with Crippen molar-refractivity contribution in [3.63, 3.8) is 0 Å². The number of likely N-dealkylation sites (tertiary alicyclic amines) is 1. The van der Waals surface area contributed by atoms with Crippen molar-refractivity contribution in [2.75, 3.05) is 19.6 Å². The molecule has 4 atom stereocenters. The minimum Gasteiger partial charge on any atom is -0.349 e. The highest BCUT2D eigenvalue weighted by molar-refractivity contribution is 5.78. The summed E-state index contributed by atoms with van der Waals surface area (Å²) in [7, 11) is 0. The largest absolute Gasteiger partial charge is 0.349 e. The molecule has 0 aromatic heterocycles. The minimum atomic E-state index is 0. The summed E-state index contributed by atoms with van der Waals surface area (Å²) < 4.78 is 0. The van der Waals surface area contributed by atoms with E-state index >= 15 is 0 Å². The van der Waals surface area contributed by atoms with Gasteiger partial charge in [0.25, 0.3) is 0 Å². The Morgan fingerprint density at radius 3 is 2.68 bits per heavy atom. The number of fused-ring (bicyclic) bond motifs is 4. The number of amides is 1. The maximum absolute atomic E-state index is 12.4. The molecule has 1 saturated heterocycles. The molecule has 1 spiro atoms. The molecular weight excluding hydrogens is 380 g/mol. The zero-order valence-corrected chi connectivity index (χ0v) is 19.7. The third-order valence-electron chi connectivity index (χ3n) is 9.21. The van der Waals surface area contributed by atoms with Gasteiger partial charge in [0.15, 0.2) is 0 Å². The molecule has 0 radical (unpaired) electrons. The zero-order chi connectivity index (χ0) is 21.4. The molecule has 2 saturated carbocycles. The molecule has 3 heteroatoms. The maximum Gasteiger partial charge on any atom is 0.223 e. The molecule has 31 heavy (non-hydrogen) atoms. The lowest BCUT2D eigenvalue weighted by Crippen LogP contribution is -2.44. The Hall–Kier alpha value is -1.35. The summed E-state index contributed by atoms with van der Waals surface area (Å²) in [5.41, 5.74) is 3.16. The van der Waals surface area contributed by atoms with Gasteiger partial charge in [-0.05, 0) is 80.5 Å². The Labute approximate surface area is 190 Å². The lowest BCUT2D eigenvalue weighted by molar-refractivity contribution is -0.124. The molecule has 1 aromatic rings. The number of rotatable bonds is 4. The van der Waals surface area contributed by atoms with E-state index in [2.05, 4.69) is 34.5 Å². The van der Waals surface area contributed by atoms with Crippen molar-refractivity contribution in [1.29, 1.82) is 0 Å². The van der Waals surface area contributed by atoms with Crippen molar-refractivity contribution in [3.05, 3.63) is 35.4 Å². The molecule has 1 amide bonds. The van der Waals surface area contributed by atoms with Gasteiger partial charge in [-0.25, -0.2) is 0 Å². The summed E-state index contributed by atoms with van der Waals surface area (Å²) in [5.74, 6) is 3.23. The number of benzene rings is 1. The Morgan fingerprint density at radius 1 is 1.10 bits per heavy atom. The van der Waals surface area contributed by atoms with Gasteiger partial charge in [0, 0.05) is 19.3 Å². The number of nitrogens with one attached hydrogen (secondary N) is 1. The van der Waals surface area contributed by atoms with Crippen molar-refractivity contribution < 1.29 is 6.22 Å². The summed E-state index contributed by atoms with van der Waals surface area (Å²) in [5, 5.41) is 3.36.